The van der Waals surface area contributed by atoms with Crippen LogP contribution in [0, 0.1) is 0 Å². The molecule has 0 atom stereocenters. The molecule has 0 fully saturated rings. The first-order chi connectivity index (χ1) is 6.95. The van der Waals surface area contributed by atoms with Gasteiger partial charge in [-0.1, -0.05) is 6.07 Å². The van der Waals surface area contributed by atoms with Gasteiger partial charge in [0.25, 0.3) is 0 Å². The van der Waals surface area contributed by atoms with Crippen LogP contribution in [-0.2, 0) is 6.42 Å². The van der Waals surface area contributed by atoms with Crippen molar-refractivity contribution in [1.29, 1.82) is 0 Å². The molecule has 14 heavy (non-hydrogen) atoms. The summed E-state index contributed by atoms with van der Waals surface area (Å²) in [6, 6.07) is 8.05. The Labute approximate surface area is 83.4 Å². The summed E-state index contributed by atoms with van der Waals surface area (Å²) in [4.78, 5) is 4.07. The number of rotatable bonds is 4. The topological polar surface area (TPSA) is 29.9 Å². The second kappa shape index (κ2) is 4.46. The van der Waals surface area contributed by atoms with Crippen LogP contribution in [0.1, 0.15) is 5.56 Å². The molecule has 0 bridgehead atoms. The summed E-state index contributed by atoms with van der Waals surface area (Å²) in [5.41, 5.74) is 4.52. The van der Waals surface area contributed by atoms with Gasteiger partial charge < -0.3 is 5.43 Å². The zero-order valence-corrected chi connectivity index (χ0v) is 7.93. The minimum atomic E-state index is 0.917. The van der Waals surface area contributed by atoms with Crippen LogP contribution in [0.25, 0.3) is 0 Å². The Balaban J connectivity index is 1.79. The van der Waals surface area contributed by atoms with Gasteiger partial charge in [0.1, 0.15) is 0 Å². The quantitative estimate of drug-likeness (QED) is 0.789. The predicted molar refractivity (Wildman–Crippen MR) is 56.6 cm³/mol. The summed E-state index contributed by atoms with van der Waals surface area (Å²) in [7, 11) is 0. The van der Waals surface area contributed by atoms with E-state index in [-0.39, 0.29) is 0 Å². The van der Waals surface area contributed by atoms with Gasteiger partial charge >= 0.3 is 0 Å². The van der Waals surface area contributed by atoms with Gasteiger partial charge in [0.15, 0.2) is 0 Å². The van der Waals surface area contributed by atoms with Crippen LogP contribution in [-0.4, -0.2) is 16.2 Å². The third kappa shape index (κ3) is 2.36. The highest BCUT2D eigenvalue weighted by Crippen LogP contribution is 1.96. The van der Waals surface area contributed by atoms with Crippen molar-refractivity contribution in [2.24, 2.45) is 0 Å². The van der Waals surface area contributed by atoms with Crippen molar-refractivity contribution in [1.82, 2.24) is 9.66 Å². The van der Waals surface area contributed by atoms with E-state index in [1.165, 1.54) is 5.56 Å². The third-order valence-corrected chi connectivity index (χ3v) is 2.04. The van der Waals surface area contributed by atoms with E-state index in [1.807, 2.05) is 41.5 Å². The van der Waals surface area contributed by atoms with Crippen molar-refractivity contribution in [3.63, 3.8) is 0 Å². The Morgan fingerprint density at radius 2 is 2.07 bits per heavy atom. The van der Waals surface area contributed by atoms with Gasteiger partial charge in [-0.3, -0.25) is 9.66 Å². The smallest absolute Gasteiger partial charge is 0.0354 e. The number of pyridine rings is 1. The second-order valence-electron chi connectivity index (χ2n) is 3.11. The number of nitrogens with one attached hydrogen (secondary N) is 1. The molecular formula is C11H13N3. The fourth-order valence-electron chi connectivity index (χ4n) is 1.32. The molecule has 0 radical (unpaired) electrons. The third-order valence-electron chi connectivity index (χ3n) is 2.04. The van der Waals surface area contributed by atoms with Crippen molar-refractivity contribution in [2.45, 2.75) is 6.42 Å². The molecule has 2 rings (SSSR count). The van der Waals surface area contributed by atoms with E-state index < -0.39 is 0 Å². The van der Waals surface area contributed by atoms with Gasteiger partial charge in [-0.25, -0.2) is 0 Å². The molecule has 1 N–H and O–H groups in total. The molecule has 2 heterocycles. The summed E-state index contributed by atoms with van der Waals surface area (Å²) in [5, 5.41) is 0. The Morgan fingerprint density at radius 1 is 1.21 bits per heavy atom. The van der Waals surface area contributed by atoms with Crippen LogP contribution in [0.15, 0.2) is 49.1 Å². The molecule has 0 saturated carbocycles. The molecular weight excluding hydrogens is 174 g/mol. The lowest BCUT2D eigenvalue weighted by Gasteiger charge is -2.06. The Bertz CT molecular complexity index is 353. The van der Waals surface area contributed by atoms with E-state index in [0.717, 1.165) is 13.0 Å². The highest BCUT2D eigenvalue weighted by atomic mass is 15.4. The minimum Gasteiger partial charge on any atom is -0.326 e. The van der Waals surface area contributed by atoms with E-state index in [0.29, 0.717) is 0 Å². The molecule has 0 saturated heterocycles. The maximum atomic E-state index is 4.07. The summed E-state index contributed by atoms with van der Waals surface area (Å²) in [6.45, 7) is 0.917. The first-order valence-corrected chi connectivity index (χ1v) is 4.71. The number of aromatic nitrogens is 2. The maximum absolute atomic E-state index is 4.07. The molecule has 2 aromatic heterocycles. The standard InChI is InChI=1S/C11H13N3/c1-2-9-14(8-1)13-7-5-11-4-3-6-12-10-11/h1-4,6,8-10,13H,5,7H2. The first-order valence-electron chi connectivity index (χ1n) is 4.71. The SMILES string of the molecule is c1cncc(CCNn2cccc2)c1. The fourth-order valence-corrected chi connectivity index (χ4v) is 1.32. The van der Waals surface area contributed by atoms with Crippen LogP contribution in [0.5, 0.6) is 0 Å². The Kier molecular flexibility index (Phi) is 2.81. The summed E-state index contributed by atoms with van der Waals surface area (Å²) in [6.07, 6.45) is 8.67. The van der Waals surface area contributed by atoms with Crippen molar-refractivity contribution < 1.29 is 0 Å². The van der Waals surface area contributed by atoms with E-state index >= 15 is 0 Å². The van der Waals surface area contributed by atoms with Crippen LogP contribution in [0.3, 0.4) is 0 Å². The highest BCUT2D eigenvalue weighted by molar-refractivity contribution is 5.09. The predicted octanol–water partition coefficient (Wildman–Crippen LogP) is 1.67. The van der Waals surface area contributed by atoms with Gasteiger partial charge in [0, 0.05) is 31.3 Å². The van der Waals surface area contributed by atoms with Gasteiger partial charge in [-0.15, -0.1) is 0 Å². The van der Waals surface area contributed by atoms with E-state index in [4.69, 9.17) is 0 Å². The minimum absolute atomic E-state index is 0.917. The molecule has 72 valence electrons. The first kappa shape index (κ1) is 8.81. The molecule has 0 spiro atoms. The lowest BCUT2D eigenvalue weighted by atomic mass is 10.2. The van der Waals surface area contributed by atoms with Crippen molar-refractivity contribution in [3.8, 4) is 0 Å². The lowest BCUT2D eigenvalue weighted by molar-refractivity contribution is 0.825. The van der Waals surface area contributed by atoms with Crippen molar-refractivity contribution in [2.75, 3.05) is 12.0 Å². The normalized spacial score (nSPS) is 10.0. The Hall–Kier alpha value is -1.77. The highest BCUT2D eigenvalue weighted by Gasteiger charge is 1.91. The zero-order chi connectivity index (χ0) is 9.64. The van der Waals surface area contributed by atoms with Gasteiger partial charge in [-0.05, 0) is 30.2 Å². The maximum Gasteiger partial charge on any atom is 0.0354 e. The summed E-state index contributed by atoms with van der Waals surface area (Å²) >= 11 is 0. The zero-order valence-electron chi connectivity index (χ0n) is 7.93. The molecule has 3 heteroatoms. The molecule has 0 aliphatic heterocycles. The van der Waals surface area contributed by atoms with E-state index in [9.17, 15) is 0 Å². The molecule has 0 aliphatic carbocycles. The van der Waals surface area contributed by atoms with Crippen molar-refractivity contribution in [3.05, 3.63) is 54.6 Å². The van der Waals surface area contributed by atoms with Gasteiger partial charge in [-0.2, -0.15) is 0 Å². The summed E-state index contributed by atoms with van der Waals surface area (Å²) < 4.78 is 1.95. The van der Waals surface area contributed by atoms with Gasteiger partial charge in [0.2, 0.25) is 0 Å². The van der Waals surface area contributed by atoms with Crippen LogP contribution < -0.4 is 5.43 Å². The second-order valence-corrected chi connectivity index (χ2v) is 3.11. The average molecular weight is 187 g/mol. The molecule has 3 nitrogen and oxygen atoms in total. The largest absolute Gasteiger partial charge is 0.326 e. The summed E-state index contributed by atoms with van der Waals surface area (Å²) in [5.74, 6) is 0. The van der Waals surface area contributed by atoms with Crippen molar-refractivity contribution >= 4 is 0 Å². The molecule has 2 aromatic rings. The molecule has 0 aliphatic rings. The monoisotopic (exact) mass is 187 g/mol. The fraction of sp³-hybridized carbons (Fsp3) is 0.182. The van der Waals surface area contributed by atoms with Crippen LogP contribution in [0.4, 0.5) is 0 Å². The van der Waals surface area contributed by atoms with E-state index in [2.05, 4.69) is 16.5 Å². The number of hydrogen-bond donors (Lipinski definition) is 1. The number of nitrogens with zero attached hydrogens (tertiary/aromatic N) is 2. The average Bonchev–Trinajstić information content (AvgIpc) is 2.72. The number of hydrogen-bond acceptors (Lipinski definition) is 2. The molecule has 0 amide bonds. The lowest BCUT2D eigenvalue weighted by Crippen LogP contribution is -2.15. The molecule has 0 aromatic carbocycles. The Morgan fingerprint density at radius 3 is 2.79 bits per heavy atom. The molecule has 0 unspecified atom stereocenters. The van der Waals surface area contributed by atoms with Crippen LogP contribution in [0.2, 0.25) is 0 Å². The van der Waals surface area contributed by atoms with E-state index in [1.54, 1.807) is 6.20 Å². The van der Waals surface area contributed by atoms with Crippen LogP contribution >= 0.6 is 0 Å². The van der Waals surface area contributed by atoms with Gasteiger partial charge in [0.05, 0.1) is 0 Å².